The Morgan fingerprint density at radius 2 is 2.21 bits per heavy atom. The Morgan fingerprint density at radius 1 is 1.57 bits per heavy atom. The summed E-state index contributed by atoms with van der Waals surface area (Å²) in [6, 6.07) is 6.64. The monoisotopic (exact) mass is 325 g/mol. The number of esters is 1. The van der Waals surface area contributed by atoms with Crippen molar-refractivity contribution in [3.63, 3.8) is 0 Å². The Hall–Kier alpha value is -0.330. The zero-order valence-corrected chi connectivity index (χ0v) is 10.4. The lowest BCUT2D eigenvalue weighted by Gasteiger charge is -2.13. The molecule has 0 bridgehead atoms. The van der Waals surface area contributed by atoms with E-state index >= 15 is 0 Å². The van der Waals surface area contributed by atoms with Crippen LogP contribution in [0.2, 0.25) is 5.02 Å². The smallest absolute Gasteiger partial charge is 0.328 e. The van der Waals surface area contributed by atoms with Gasteiger partial charge >= 0.3 is 5.97 Å². The second-order valence-corrected chi connectivity index (χ2v) is 3.62. The maximum Gasteiger partial charge on any atom is 0.328 e. The molecule has 1 aromatic rings. The van der Waals surface area contributed by atoms with Gasteiger partial charge in [0.1, 0.15) is 6.04 Å². The van der Waals surface area contributed by atoms with E-state index in [1.54, 1.807) is 12.1 Å². The topological polar surface area (TPSA) is 38.3 Å². The molecule has 1 aromatic carbocycles. The van der Waals surface area contributed by atoms with Crippen molar-refractivity contribution in [3.8, 4) is 0 Å². The van der Waals surface area contributed by atoms with Gasteiger partial charge in [-0.3, -0.25) is 0 Å². The third kappa shape index (κ3) is 2.59. The van der Waals surface area contributed by atoms with Crippen molar-refractivity contribution >= 4 is 40.4 Å². The molecule has 1 atom stereocenters. The lowest BCUT2D eigenvalue weighted by atomic mass is 10.1. The molecule has 0 amide bonds. The van der Waals surface area contributed by atoms with Gasteiger partial charge in [-0.05, 0) is 11.6 Å². The summed E-state index contributed by atoms with van der Waals surface area (Å²) in [5.41, 5.74) is 0.718. The van der Waals surface area contributed by atoms with Gasteiger partial charge in [0.2, 0.25) is 0 Å². The summed E-state index contributed by atoms with van der Waals surface area (Å²) in [5, 5.41) is 0.548. The van der Waals surface area contributed by atoms with Crippen molar-refractivity contribution in [2.45, 2.75) is 6.04 Å². The van der Waals surface area contributed by atoms with Crippen molar-refractivity contribution in [3.05, 3.63) is 34.9 Å². The molecule has 0 aliphatic heterocycles. The number of hydrogen-bond donors (Lipinski definition) is 1. The predicted octanol–water partition coefficient (Wildman–Crippen LogP) is 2.49. The average molecular weight is 326 g/mol. The van der Waals surface area contributed by atoms with E-state index in [1.165, 1.54) is 7.11 Å². The fourth-order valence-electron chi connectivity index (χ4n) is 1.06. The molecular formula is C9H9ClINO2. The van der Waals surface area contributed by atoms with Gasteiger partial charge in [0.25, 0.3) is 0 Å². The second kappa shape index (κ2) is 5.53. The van der Waals surface area contributed by atoms with Crippen molar-refractivity contribution in [2.75, 3.05) is 7.11 Å². The standard InChI is InChI=1S/C9H9ClINO2/c1-14-9(13)8(12-11)6-4-2-3-5-7(6)10/h2-5,8,12H,1H3/t8-/m0/s1. The molecule has 76 valence electrons. The molecule has 0 aliphatic rings. The third-order valence-electron chi connectivity index (χ3n) is 1.76. The highest BCUT2D eigenvalue weighted by molar-refractivity contribution is 14.1. The number of ether oxygens (including phenoxy) is 1. The number of rotatable bonds is 3. The molecular weight excluding hydrogens is 316 g/mol. The second-order valence-electron chi connectivity index (χ2n) is 2.59. The molecule has 1 rings (SSSR count). The summed E-state index contributed by atoms with van der Waals surface area (Å²) in [6.07, 6.45) is 0. The van der Waals surface area contributed by atoms with Gasteiger partial charge in [0.15, 0.2) is 0 Å². The highest BCUT2D eigenvalue weighted by atomic mass is 127. The molecule has 0 unspecified atom stereocenters. The lowest BCUT2D eigenvalue weighted by Crippen LogP contribution is -2.23. The van der Waals surface area contributed by atoms with Crippen LogP contribution in [0.4, 0.5) is 0 Å². The molecule has 0 saturated carbocycles. The highest BCUT2D eigenvalue weighted by Crippen LogP contribution is 2.24. The summed E-state index contributed by atoms with van der Waals surface area (Å²) in [4.78, 5) is 11.3. The number of carbonyl (C=O) groups excluding carboxylic acids is 1. The van der Waals surface area contributed by atoms with Crippen LogP contribution >= 0.6 is 34.5 Å². The first-order valence-electron chi connectivity index (χ1n) is 3.89. The minimum absolute atomic E-state index is 0.354. The number of halogens is 2. The third-order valence-corrected chi connectivity index (χ3v) is 2.73. The van der Waals surface area contributed by atoms with Crippen molar-refractivity contribution in [1.29, 1.82) is 0 Å². The summed E-state index contributed by atoms with van der Waals surface area (Å²) in [7, 11) is 1.35. The Bertz CT molecular complexity index is 332. The lowest BCUT2D eigenvalue weighted by molar-refractivity contribution is -0.142. The minimum atomic E-state index is -0.519. The first-order chi connectivity index (χ1) is 6.70. The first-order valence-corrected chi connectivity index (χ1v) is 5.34. The van der Waals surface area contributed by atoms with Crippen LogP contribution in [0.25, 0.3) is 0 Å². The van der Waals surface area contributed by atoms with Crippen LogP contribution in [0, 0.1) is 0 Å². The number of benzene rings is 1. The fourth-order valence-corrected chi connectivity index (χ4v) is 1.89. The van der Waals surface area contributed by atoms with E-state index in [9.17, 15) is 4.79 Å². The quantitative estimate of drug-likeness (QED) is 0.527. The van der Waals surface area contributed by atoms with Crippen LogP contribution in [-0.2, 0) is 9.53 Å². The highest BCUT2D eigenvalue weighted by Gasteiger charge is 2.21. The number of methoxy groups -OCH3 is 1. The van der Waals surface area contributed by atoms with Crippen LogP contribution in [0.3, 0.4) is 0 Å². The number of hydrogen-bond acceptors (Lipinski definition) is 3. The van der Waals surface area contributed by atoms with Crippen LogP contribution in [0.5, 0.6) is 0 Å². The molecule has 5 heteroatoms. The van der Waals surface area contributed by atoms with E-state index in [0.29, 0.717) is 5.02 Å². The van der Waals surface area contributed by atoms with Crippen molar-refractivity contribution in [1.82, 2.24) is 3.53 Å². The number of carbonyl (C=O) groups is 1. The molecule has 0 heterocycles. The molecule has 0 aliphatic carbocycles. The maximum atomic E-state index is 11.3. The van der Waals surface area contributed by atoms with E-state index < -0.39 is 6.04 Å². The molecule has 0 saturated heterocycles. The molecule has 0 spiro atoms. The van der Waals surface area contributed by atoms with Crippen LogP contribution < -0.4 is 3.53 Å². The fraction of sp³-hybridized carbons (Fsp3) is 0.222. The Kier molecular flexibility index (Phi) is 4.64. The van der Waals surface area contributed by atoms with Gasteiger partial charge in [0.05, 0.1) is 7.11 Å². The molecule has 14 heavy (non-hydrogen) atoms. The van der Waals surface area contributed by atoms with E-state index in [0.717, 1.165) is 5.56 Å². The zero-order chi connectivity index (χ0) is 10.6. The minimum Gasteiger partial charge on any atom is -0.468 e. The normalized spacial score (nSPS) is 12.2. The van der Waals surface area contributed by atoms with Gasteiger partial charge in [0, 0.05) is 27.9 Å². The van der Waals surface area contributed by atoms with E-state index in [1.807, 2.05) is 35.0 Å². The van der Waals surface area contributed by atoms with Crippen LogP contribution in [0.15, 0.2) is 24.3 Å². The maximum absolute atomic E-state index is 11.3. The van der Waals surface area contributed by atoms with E-state index in [-0.39, 0.29) is 5.97 Å². The predicted molar refractivity (Wildman–Crippen MR) is 63.4 cm³/mol. The Balaban J connectivity index is 3.01. The molecule has 0 aromatic heterocycles. The molecule has 3 nitrogen and oxygen atoms in total. The van der Waals surface area contributed by atoms with Crippen LogP contribution in [0.1, 0.15) is 11.6 Å². The van der Waals surface area contributed by atoms with Gasteiger partial charge in [-0.2, -0.15) is 0 Å². The SMILES string of the molecule is COC(=O)[C@@H](NI)c1ccccc1Cl. The van der Waals surface area contributed by atoms with Gasteiger partial charge in [-0.1, -0.05) is 29.8 Å². The first kappa shape index (κ1) is 11.7. The van der Waals surface area contributed by atoms with Gasteiger partial charge < -0.3 is 4.74 Å². The summed E-state index contributed by atoms with van der Waals surface area (Å²) in [6.45, 7) is 0. The van der Waals surface area contributed by atoms with E-state index in [2.05, 4.69) is 8.27 Å². The summed E-state index contributed by atoms with van der Waals surface area (Å²) in [5.74, 6) is -0.354. The Morgan fingerprint density at radius 3 is 2.71 bits per heavy atom. The number of nitrogens with one attached hydrogen (secondary N) is 1. The van der Waals surface area contributed by atoms with E-state index in [4.69, 9.17) is 11.6 Å². The summed E-state index contributed by atoms with van der Waals surface area (Å²) >= 11 is 7.85. The van der Waals surface area contributed by atoms with Gasteiger partial charge in [-0.25, -0.2) is 8.32 Å². The Labute approximate surface area is 101 Å². The molecule has 0 fully saturated rings. The van der Waals surface area contributed by atoms with Gasteiger partial charge in [-0.15, -0.1) is 0 Å². The average Bonchev–Trinajstić information content (AvgIpc) is 2.21. The largest absolute Gasteiger partial charge is 0.468 e. The van der Waals surface area contributed by atoms with Crippen molar-refractivity contribution in [2.24, 2.45) is 0 Å². The molecule has 0 radical (unpaired) electrons. The summed E-state index contributed by atoms with van der Waals surface area (Å²) < 4.78 is 7.47. The molecule has 1 N–H and O–H groups in total. The zero-order valence-electron chi connectivity index (χ0n) is 7.46. The van der Waals surface area contributed by atoms with Crippen molar-refractivity contribution < 1.29 is 9.53 Å². The van der Waals surface area contributed by atoms with Crippen LogP contribution in [-0.4, -0.2) is 13.1 Å².